The number of benzene rings is 1. The normalized spacial score (nSPS) is 17.8. The van der Waals surface area contributed by atoms with Gasteiger partial charge in [0, 0.05) is 11.6 Å². The summed E-state index contributed by atoms with van der Waals surface area (Å²) in [6, 6.07) is 6.38. The Morgan fingerprint density at radius 1 is 1.24 bits per heavy atom. The zero-order valence-corrected chi connectivity index (χ0v) is 10.9. The molecule has 1 aliphatic rings. The van der Waals surface area contributed by atoms with Gasteiger partial charge in [-0.1, -0.05) is 55.1 Å². The van der Waals surface area contributed by atoms with Crippen LogP contribution < -0.4 is 5.73 Å². The first-order chi connectivity index (χ1) is 8.31. The molecule has 0 atom stereocenters. The lowest BCUT2D eigenvalue weighted by molar-refractivity contribution is 0.444. The Morgan fingerprint density at radius 2 is 2.00 bits per heavy atom. The molecule has 0 aliphatic heterocycles. The molecule has 0 aromatic heterocycles. The van der Waals surface area contributed by atoms with Gasteiger partial charge >= 0.3 is 0 Å². The lowest BCUT2D eigenvalue weighted by Gasteiger charge is -2.23. The Morgan fingerprint density at radius 3 is 2.65 bits per heavy atom. The quantitative estimate of drug-likeness (QED) is 0.846. The molecule has 0 unspecified atom stereocenters. The minimum atomic E-state index is 0.571. The third-order valence-corrected chi connectivity index (χ3v) is 3.84. The molecule has 0 heterocycles. The van der Waals surface area contributed by atoms with Gasteiger partial charge in [-0.3, -0.25) is 0 Å². The molecule has 2 rings (SSSR count). The second-order valence-corrected chi connectivity index (χ2v) is 5.16. The van der Waals surface area contributed by atoms with E-state index >= 15 is 0 Å². The highest BCUT2D eigenvalue weighted by Gasteiger charge is 2.17. The van der Waals surface area contributed by atoms with Crippen LogP contribution in [0.3, 0.4) is 0 Å². The fraction of sp³-hybridized carbons (Fsp3) is 0.467. The zero-order chi connectivity index (χ0) is 12.1. The summed E-state index contributed by atoms with van der Waals surface area (Å²) < 4.78 is 0. The molecule has 1 aromatic rings. The topological polar surface area (TPSA) is 26.0 Å². The lowest BCUT2D eigenvalue weighted by atomic mass is 9.84. The van der Waals surface area contributed by atoms with Gasteiger partial charge in [-0.25, -0.2) is 0 Å². The van der Waals surface area contributed by atoms with Crippen LogP contribution in [0.15, 0.2) is 24.3 Å². The first-order valence-electron chi connectivity index (χ1n) is 6.47. The van der Waals surface area contributed by atoms with E-state index in [-0.39, 0.29) is 0 Å². The first-order valence-corrected chi connectivity index (χ1v) is 6.85. The maximum atomic E-state index is 6.38. The van der Waals surface area contributed by atoms with Crippen molar-refractivity contribution in [1.82, 2.24) is 0 Å². The van der Waals surface area contributed by atoms with Crippen molar-refractivity contribution in [2.75, 3.05) is 6.54 Å². The molecule has 92 valence electrons. The SMILES string of the molecule is NCC=Cc1ccc(C2CCCCC2)c(Cl)c1. The average Bonchev–Trinajstić information content (AvgIpc) is 2.37. The van der Waals surface area contributed by atoms with Crippen molar-refractivity contribution in [3.63, 3.8) is 0 Å². The van der Waals surface area contributed by atoms with Crippen LogP contribution in [-0.2, 0) is 0 Å². The Bertz CT molecular complexity index is 392. The summed E-state index contributed by atoms with van der Waals surface area (Å²) in [7, 11) is 0. The van der Waals surface area contributed by atoms with E-state index in [0.717, 1.165) is 10.6 Å². The number of halogens is 1. The van der Waals surface area contributed by atoms with E-state index in [1.807, 2.05) is 12.2 Å². The van der Waals surface area contributed by atoms with Crippen LogP contribution in [0.25, 0.3) is 6.08 Å². The van der Waals surface area contributed by atoms with Gasteiger partial charge in [0.15, 0.2) is 0 Å². The minimum absolute atomic E-state index is 0.571. The molecule has 2 N–H and O–H groups in total. The first kappa shape index (κ1) is 12.7. The fourth-order valence-electron chi connectivity index (χ4n) is 2.60. The predicted molar refractivity (Wildman–Crippen MR) is 75.4 cm³/mol. The van der Waals surface area contributed by atoms with Crippen molar-refractivity contribution in [1.29, 1.82) is 0 Å². The molecule has 1 nitrogen and oxygen atoms in total. The van der Waals surface area contributed by atoms with E-state index in [0.29, 0.717) is 12.5 Å². The van der Waals surface area contributed by atoms with Crippen LogP contribution in [0.1, 0.15) is 49.1 Å². The van der Waals surface area contributed by atoms with Gasteiger partial charge in [-0.2, -0.15) is 0 Å². The van der Waals surface area contributed by atoms with Gasteiger partial charge in [-0.05, 0) is 36.0 Å². The van der Waals surface area contributed by atoms with Crippen LogP contribution in [-0.4, -0.2) is 6.54 Å². The minimum Gasteiger partial charge on any atom is -0.327 e. The Labute approximate surface area is 109 Å². The zero-order valence-electron chi connectivity index (χ0n) is 10.2. The van der Waals surface area contributed by atoms with Crippen molar-refractivity contribution < 1.29 is 0 Å². The van der Waals surface area contributed by atoms with Gasteiger partial charge in [0.1, 0.15) is 0 Å². The van der Waals surface area contributed by atoms with Crippen LogP contribution >= 0.6 is 11.6 Å². The summed E-state index contributed by atoms with van der Waals surface area (Å²) in [6.07, 6.45) is 10.6. The van der Waals surface area contributed by atoms with Crippen LogP contribution in [0.4, 0.5) is 0 Å². The summed E-state index contributed by atoms with van der Waals surface area (Å²) >= 11 is 6.38. The van der Waals surface area contributed by atoms with Crippen molar-refractivity contribution in [2.24, 2.45) is 5.73 Å². The molecule has 1 saturated carbocycles. The van der Waals surface area contributed by atoms with E-state index < -0.39 is 0 Å². The Balaban J connectivity index is 2.15. The second-order valence-electron chi connectivity index (χ2n) is 4.75. The molecule has 17 heavy (non-hydrogen) atoms. The molecule has 0 amide bonds. The van der Waals surface area contributed by atoms with Gasteiger partial charge in [-0.15, -0.1) is 0 Å². The lowest BCUT2D eigenvalue weighted by Crippen LogP contribution is -2.05. The molecule has 0 bridgehead atoms. The molecule has 2 heteroatoms. The fourth-order valence-corrected chi connectivity index (χ4v) is 2.94. The van der Waals surface area contributed by atoms with Crippen molar-refractivity contribution in [2.45, 2.75) is 38.0 Å². The molecule has 1 aliphatic carbocycles. The van der Waals surface area contributed by atoms with Crippen LogP contribution in [0, 0.1) is 0 Å². The number of nitrogens with two attached hydrogens (primary N) is 1. The molecule has 1 fully saturated rings. The predicted octanol–water partition coefficient (Wildman–Crippen LogP) is 4.36. The molecular formula is C15H20ClN. The summed E-state index contributed by atoms with van der Waals surface area (Å²) in [5.41, 5.74) is 7.91. The molecule has 0 radical (unpaired) electrons. The smallest absolute Gasteiger partial charge is 0.0446 e. The summed E-state index contributed by atoms with van der Waals surface area (Å²) in [6.45, 7) is 0.571. The van der Waals surface area contributed by atoms with Gasteiger partial charge in [0.05, 0.1) is 0 Å². The van der Waals surface area contributed by atoms with E-state index in [1.165, 1.54) is 37.7 Å². The van der Waals surface area contributed by atoms with E-state index in [2.05, 4.69) is 18.2 Å². The third kappa shape index (κ3) is 3.34. The van der Waals surface area contributed by atoms with Crippen molar-refractivity contribution in [3.05, 3.63) is 40.4 Å². The van der Waals surface area contributed by atoms with Crippen molar-refractivity contribution in [3.8, 4) is 0 Å². The van der Waals surface area contributed by atoms with Gasteiger partial charge < -0.3 is 5.73 Å². The molecule has 1 aromatic carbocycles. The highest BCUT2D eigenvalue weighted by Crippen LogP contribution is 2.36. The number of hydrogen-bond donors (Lipinski definition) is 1. The van der Waals surface area contributed by atoms with E-state index in [9.17, 15) is 0 Å². The highest BCUT2D eigenvalue weighted by molar-refractivity contribution is 6.31. The van der Waals surface area contributed by atoms with E-state index in [4.69, 9.17) is 17.3 Å². The molecular weight excluding hydrogens is 230 g/mol. The van der Waals surface area contributed by atoms with Crippen molar-refractivity contribution >= 4 is 17.7 Å². The van der Waals surface area contributed by atoms with Gasteiger partial charge in [0.25, 0.3) is 0 Å². The standard InChI is InChI=1S/C15H20ClN/c16-15-11-12(5-4-10-17)8-9-14(15)13-6-2-1-3-7-13/h4-5,8-9,11,13H,1-3,6-7,10,17H2. The van der Waals surface area contributed by atoms with Crippen LogP contribution in [0.5, 0.6) is 0 Å². The maximum Gasteiger partial charge on any atom is 0.0446 e. The summed E-state index contributed by atoms with van der Waals surface area (Å²) in [4.78, 5) is 0. The van der Waals surface area contributed by atoms with Crippen LogP contribution in [0.2, 0.25) is 5.02 Å². The highest BCUT2D eigenvalue weighted by atomic mass is 35.5. The number of hydrogen-bond acceptors (Lipinski definition) is 1. The monoisotopic (exact) mass is 249 g/mol. The third-order valence-electron chi connectivity index (χ3n) is 3.52. The summed E-state index contributed by atoms with van der Waals surface area (Å²) in [5.74, 6) is 0.670. The van der Waals surface area contributed by atoms with Gasteiger partial charge in [0.2, 0.25) is 0 Å². The second kappa shape index (κ2) is 6.23. The number of rotatable bonds is 3. The Kier molecular flexibility index (Phi) is 4.64. The molecule has 0 saturated heterocycles. The van der Waals surface area contributed by atoms with E-state index in [1.54, 1.807) is 0 Å². The molecule has 0 spiro atoms. The largest absolute Gasteiger partial charge is 0.327 e. The Hall–Kier alpha value is -0.790. The summed E-state index contributed by atoms with van der Waals surface area (Å²) in [5, 5.41) is 0.913. The average molecular weight is 250 g/mol. The maximum absolute atomic E-state index is 6.38.